The molecule has 0 saturated carbocycles. The lowest BCUT2D eigenvalue weighted by atomic mass is 10.0. The summed E-state index contributed by atoms with van der Waals surface area (Å²) in [6.07, 6.45) is 2.28. The average Bonchev–Trinajstić information content (AvgIpc) is 3.21. The number of amides is 2. The first kappa shape index (κ1) is 26.8. The van der Waals surface area contributed by atoms with Crippen molar-refractivity contribution in [3.8, 4) is 0 Å². The minimum absolute atomic E-state index is 0.0191. The zero-order chi connectivity index (χ0) is 26.1. The number of rotatable bonds is 10. The molecule has 36 heavy (non-hydrogen) atoms. The van der Waals surface area contributed by atoms with Crippen molar-refractivity contribution in [1.82, 2.24) is 15.6 Å². The second-order valence-corrected chi connectivity index (χ2v) is 9.85. The molecule has 8 nitrogen and oxygen atoms in total. The van der Waals surface area contributed by atoms with Crippen LogP contribution in [0.2, 0.25) is 0 Å². The van der Waals surface area contributed by atoms with Gasteiger partial charge < -0.3 is 25.1 Å². The van der Waals surface area contributed by atoms with Gasteiger partial charge in [0.1, 0.15) is 5.60 Å². The number of carbonyl (C=O) groups excluding carboxylic acids is 3. The van der Waals surface area contributed by atoms with Crippen LogP contribution in [0, 0.1) is 0 Å². The van der Waals surface area contributed by atoms with E-state index in [4.69, 9.17) is 9.47 Å². The molecular formula is C28H35N3O5. The molecule has 0 fully saturated rings. The molecule has 2 aromatic carbocycles. The molecule has 2 atom stereocenters. The number of methoxy groups -OCH3 is 1. The third-order valence-corrected chi connectivity index (χ3v) is 5.62. The van der Waals surface area contributed by atoms with E-state index in [1.165, 1.54) is 7.11 Å². The Morgan fingerprint density at radius 3 is 2.25 bits per heavy atom. The summed E-state index contributed by atoms with van der Waals surface area (Å²) in [7, 11) is 1.33. The number of aromatic nitrogens is 1. The molecule has 0 bridgehead atoms. The van der Waals surface area contributed by atoms with Gasteiger partial charge in [0, 0.05) is 35.6 Å². The molecule has 0 saturated heterocycles. The van der Waals surface area contributed by atoms with Gasteiger partial charge in [-0.3, -0.25) is 9.59 Å². The van der Waals surface area contributed by atoms with Gasteiger partial charge in [0.25, 0.3) is 0 Å². The number of fused-ring (bicyclic) bond motifs is 1. The molecule has 8 heteroatoms. The Hall–Kier alpha value is -3.81. The number of para-hydroxylation sites is 1. The van der Waals surface area contributed by atoms with Crippen molar-refractivity contribution in [3.05, 3.63) is 71.9 Å². The van der Waals surface area contributed by atoms with Crippen LogP contribution in [0.15, 0.2) is 60.8 Å². The molecule has 0 unspecified atom stereocenters. The normalized spacial score (nSPS) is 13.0. The van der Waals surface area contributed by atoms with E-state index in [1.54, 1.807) is 20.8 Å². The zero-order valence-corrected chi connectivity index (χ0v) is 21.3. The van der Waals surface area contributed by atoms with E-state index in [0.717, 1.165) is 22.0 Å². The Kier molecular flexibility index (Phi) is 9.11. The lowest BCUT2D eigenvalue weighted by Gasteiger charge is -2.24. The number of H-pyrrole nitrogens is 1. The van der Waals surface area contributed by atoms with Gasteiger partial charge in [-0.1, -0.05) is 48.5 Å². The van der Waals surface area contributed by atoms with Crippen LogP contribution in [0.25, 0.3) is 10.9 Å². The quantitative estimate of drug-likeness (QED) is 0.365. The summed E-state index contributed by atoms with van der Waals surface area (Å²) in [5.74, 6) is -0.681. The number of alkyl carbamates (subject to hydrolysis) is 1. The second-order valence-electron chi connectivity index (χ2n) is 9.85. The Morgan fingerprint density at radius 1 is 0.889 bits per heavy atom. The number of ether oxygens (including phenoxy) is 2. The van der Waals surface area contributed by atoms with Crippen LogP contribution in [0.3, 0.4) is 0 Å². The van der Waals surface area contributed by atoms with Gasteiger partial charge in [-0.2, -0.15) is 0 Å². The Balaban J connectivity index is 1.74. The Bertz CT molecular complexity index is 1170. The van der Waals surface area contributed by atoms with Crippen LogP contribution in [-0.4, -0.2) is 47.7 Å². The van der Waals surface area contributed by atoms with E-state index in [0.29, 0.717) is 12.8 Å². The maximum atomic E-state index is 13.1. The molecule has 0 aliphatic rings. The van der Waals surface area contributed by atoms with E-state index in [2.05, 4.69) is 15.6 Å². The summed E-state index contributed by atoms with van der Waals surface area (Å²) in [6, 6.07) is 16.5. The SMILES string of the molecule is COC(=O)C[C@H](Cc1ccccc1)NC(=O)C[C@H](Cc1c[nH]c2ccccc12)NC(=O)OC(C)(C)C. The van der Waals surface area contributed by atoms with Crippen LogP contribution >= 0.6 is 0 Å². The largest absolute Gasteiger partial charge is 0.469 e. The van der Waals surface area contributed by atoms with Gasteiger partial charge in [-0.05, 0) is 50.8 Å². The standard InChI is InChI=1S/C28H35N3O5/c1-28(2,3)36-27(34)31-22(15-20-18-29-24-13-9-8-12-23(20)24)16-25(32)30-21(17-26(33)35-4)14-19-10-6-5-7-11-19/h5-13,18,21-22,29H,14-17H2,1-4H3,(H,30,32)(H,31,34)/t21-,22-/m0/s1. The molecule has 3 N–H and O–H groups in total. The van der Waals surface area contributed by atoms with E-state index >= 15 is 0 Å². The van der Waals surface area contributed by atoms with Crippen LogP contribution < -0.4 is 10.6 Å². The molecule has 2 amide bonds. The molecule has 0 aliphatic carbocycles. The van der Waals surface area contributed by atoms with Crippen LogP contribution in [0.4, 0.5) is 4.79 Å². The van der Waals surface area contributed by atoms with Gasteiger partial charge in [0.2, 0.25) is 5.91 Å². The number of nitrogens with one attached hydrogen (secondary N) is 3. The summed E-state index contributed by atoms with van der Waals surface area (Å²) in [5, 5.41) is 6.84. The predicted octanol–water partition coefficient (Wildman–Crippen LogP) is 4.28. The fourth-order valence-electron chi connectivity index (χ4n) is 4.08. The summed E-state index contributed by atoms with van der Waals surface area (Å²) in [4.78, 5) is 40.9. The number of esters is 1. The number of benzene rings is 2. The van der Waals surface area contributed by atoms with E-state index in [1.807, 2.05) is 60.8 Å². The minimum atomic E-state index is -0.668. The molecule has 3 aromatic rings. The smallest absolute Gasteiger partial charge is 0.407 e. The van der Waals surface area contributed by atoms with Crippen LogP contribution in [-0.2, 0) is 31.9 Å². The zero-order valence-electron chi connectivity index (χ0n) is 21.3. The summed E-state index contributed by atoms with van der Waals surface area (Å²) in [5.41, 5.74) is 2.29. The van der Waals surface area contributed by atoms with Crippen LogP contribution in [0.5, 0.6) is 0 Å². The van der Waals surface area contributed by atoms with Crippen molar-refractivity contribution in [2.75, 3.05) is 7.11 Å². The molecule has 192 valence electrons. The van der Waals surface area contributed by atoms with Crippen molar-refractivity contribution < 1.29 is 23.9 Å². The fraction of sp³-hybridized carbons (Fsp3) is 0.393. The summed E-state index contributed by atoms with van der Waals surface area (Å²) < 4.78 is 10.3. The van der Waals surface area contributed by atoms with Gasteiger partial charge in [0.15, 0.2) is 0 Å². The lowest BCUT2D eigenvalue weighted by molar-refractivity contribution is -0.141. The number of hydrogen-bond acceptors (Lipinski definition) is 5. The molecule has 0 aliphatic heterocycles. The highest BCUT2D eigenvalue weighted by Gasteiger charge is 2.24. The van der Waals surface area contributed by atoms with Gasteiger partial charge in [-0.25, -0.2) is 4.79 Å². The molecule has 1 heterocycles. The number of hydrogen-bond donors (Lipinski definition) is 3. The number of carbonyl (C=O) groups is 3. The van der Waals surface area contributed by atoms with E-state index < -0.39 is 29.7 Å². The third kappa shape index (κ3) is 8.45. The first-order valence-electron chi connectivity index (χ1n) is 12.1. The molecule has 0 spiro atoms. The molecule has 0 radical (unpaired) electrons. The van der Waals surface area contributed by atoms with Crippen molar-refractivity contribution in [1.29, 1.82) is 0 Å². The van der Waals surface area contributed by atoms with Crippen molar-refractivity contribution >= 4 is 28.9 Å². The van der Waals surface area contributed by atoms with Gasteiger partial charge in [-0.15, -0.1) is 0 Å². The van der Waals surface area contributed by atoms with Gasteiger partial charge >= 0.3 is 12.1 Å². The highest BCUT2D eigenvalue weighted by Crippen LogP contribution is 2.20. The summed E-state index contributed by atoms with van der Waals surface area (Å²) in [6.45, 7) is 5.36. The van der Waals surface area contributed by atoms with E-state index in [-0.39, 0.29) is 18.7 Å². The fourth-order valence-corrected chi connectivity index (χ4v) is 4.08. The second kappa shape index (κ2) is 12.2. The van der Waals surface area contributed by atoms with Crippen molar-refractivity contribution in [2.24, 2.45) is 0 Å². The van der Waals surface area contributed by atoms with E-state index in [9.17, 15) is 14.4 Å². The Labute approximate surface area is 211 Å². The highest BCUT2D eigenvalue weighted by molar-refractivity contribution is 5.84. The van der Waals surface area contributed by atoms with Crippen LogP contribution in [0.1, 0.15) is 44.7 Å². The molecular weight excluding hydrogens is 458 g/mol. The molecule has 3 rings (SSSR count). The monoisotopic (exact) mass is 493 g/mol. The topological polar surface area (TPSA) is 110 Å². The minimum Gasteiger partial charge on any atom is -0.469 e. The van der Waals surface area contributed by atoms with Crippen molar-refractivity contribution in [2.45, 2.75) is 64.1 Å². The first-order valence-corrected chi connectivity index (χ1v) is 12.1. The lowest BCUT2D eigenvalue weighted by Crippen LogP contribution is -2.45. The first-order chi connectivity index (χ1) is 17.1. The van der Waals surface area contributed by atoms with Gasteiger partial charge in [0.05, 0.1) is 13.5 Å². The Morgan fingerprint density at radius 2 is 1.56 bits per heavy atom. The maximum absolute atomic E-state index is 13.1. The number of aromatic amines is 1. The molecule has 1 aromatic heterocycles. The predicted molar refractivity (Wildman–Crippen MR) is 138 cm³/mol. The summed E-state index contributed by atoms with van der Waals surface area (Å²) >= 11 is 0. The maximum Gasteiger partial charge on any atom is 0.407 e. The highest BCUT2D eigenvalue weighted by atomic mass is 16.6. The third-order valence-electron chi connectivity index (χ3n) is 5.62. The average molecular weight is 494 g/mol. The van der Waals surface area contributed by atoms with Crippen molar-refractivity contribution in [3.63, 3.8) is 0 Å².